The highest BCUT2D eigenvalue weighted by molar-refractivity contribution is 6.15. The Morgan fingerprint density at radius 1 is 0.351 bits per heavy atom. The summed E-state index contributed by atoms with van der Waals surface area (Å²) in [6, 6.07) is 71.0. The predicted octanol–water partition coefficient (Wildman–Crippen LogP) is 13.8. The van der Waals surface area contributed by atoms with E-state index >= 15 is 0 Å². The number of rotatable bonds is 9. The molecule has 0 amide bonds. The van der Waals surface area contributed by atoms with E-state index < -0.39 is 0 Å². The number of pyridine rings is 2. The van der Waals surface area contributed by atoms with Crippen LogP contribution in [0.4, 0.5) is 34.1 Å². The van der Waals surface area contributed by atoms with Crippen LogP contribution < -0.4 is 9.80 Å². The van der Waals surface area contributed by atoms with Gasteiger partial charge in [0.1, 0.15) is 0 Å². The molecule has 0 unspecified atom stereocenters. The highest BCUT2D eigenvalue weighted by atomic mass is 15.2. The number of para-hydroxylation sites is 4. The minimum absolute atomic E-state index is 0.992. The third-order valence-electron chi connectivity index (χ3n) is 10.5. The Kier molecular flexibility index (Phi) is 8.78. The fourth-order valence-corrected chi connectivity index (χ4v) is 7.99. The molecule has 0 aliphatic rings. The predicted molar refractivity (Wildman–Crippen MR) is 237 cm³/mol. The summed E-state index contributed by atoms with van der Waals surface area (Å²) >= 11 is 0. The van der Waals surface area contributed by atoms with Gasteiger partial charge in [0.05, 0.1) is 34.8 Å². The van der Waals surface area contributed by atoms with E-state index in [0.29, 0.717) is 0 Å². The third kappa shape index (κ3) is 6.37. The van der Waals surface area contributed by atoms with Crippen LogP contribution in [0.1, 0.15) is 0 Å². The van der Waals surface area contributed by atoms with Crippen molar-refractivity contribution in [1.82, 2.24) is 14.5 Å². The van der Waals surface area contributed by atoms with E-state index in [4.69, 9.17) is 0 Å². The number of hydrogen-bond donors (Lipinski definition) is 0. The maximum Gasteiger partial charge on any atom is 0.0644 e. The standard InChI is InChI=1S/C52H37N5/c1-4-18-41(19-5-1)55(46-26-14-30-53-36-46)44-24-12-16-38(32-44)40-34-49(52-50(35-40)48-28-10-11-29-51(48)57(52)43-22-8-3-9-23-43)39-17-13-25-45(33-39)56(42-20-6-2-7-21-42)47-27-15-31-54-37-47/h1-37H. The number of nitrogens with zero attached hydrogens (tertiary/aromatic N) is 5. The molecule has 0 aliphatic heterocycles. The zero-order valence-electron chi connectivity index (χ0n) is 31.1. The third-order valence-corrected chi connectivity index (χ3v) is 10.5. The molecule has 7 aromatic carbocycles. The van der Waals surface area contributed by atoms with Crippen LogP contribution in [0.2, 0.25) is 0 Å². The Balaban J connectivity index is 1.22. The first-order valence-electron chi connectivity index (χ1n) is 19.1. The Morgan fingerprint density at radius 3 is 1.46 bits per heavy atom. The Bertz CT molecular complexity index is 2870. The van der Waals surface area contributed by atoms with Gasteiger partial charge < -0.3 is 14.4 Å². The molecule has 57 heavy (non-hydrogen) atoms. The van der Waals surface area contributed by atoms with Gasteiger partial charge in [-0.15, -0.1) is 0 Å². The number of aromatic nitrogens is 3. The lowest BCUT2D eigenvalue weighted by molar-refractivity contribution is 1.18. The summed E-state index contributed by atoms with van der Waals surface area (Å²) in [5.41, 5.74) is 14.2. The van der Waals surface area contributed by atoms with Gasteiger partial charge in [0.25, 0.3) is 0 Å². The Hall–Kier alpha value is -7.76. The van der Waals surface area contributed by atoms with E-state index in [9.17, 15) is 0 Å². The molecular formula is C52H37N5. The van der Waals surface area contributed by atoms with Crippen LogP contribution in [0, 0.1) is 0 Å². The molecule has 0 radical (unpaired) electrons. The lowest BCUT2D eigenvalue weighted by atomic mass is 9.94. The molecule has 0 fully saturated rings. The molecule has 5 nitrogen and oxygen atoms in total. The zero-order chi connectivity index (χ0) is 38.0. The molecule has 10 aromatic rings. The molecule has 0 bridgehead atoms. The molecule has 3 heterocycles. The average molecular weight is 732 g/mol. The molecule has 270 valence electrons. The molecule has 5 heteroatoms. The highest BCUT2D eigenvalue weighted by Gasteiger charge is 2.21. The number of hydrogen-bond acceptors (Lipinski definition) is 4. The van der Waals surface area contributed by atoms with E-state index in [1.54, 1.807) is 0 Å². The van der Waals surface area contributed by atoms with Gasteiger partial charge in [-0.1, -0.05) is 97.1 Å². The van der Waals surface area contributed by atoms with Crippen LogP contribution in [-0.2, 0) is 0 Å². The van der Waals surface area contributed by atoms with Crippen molar-refractivity contribution in [2.75, 3.05) is 9.80 Å². The normalized spacial score (nSPS) is 11.2. The van der Waals surface area contributed by atoms with Crippen LogP contribution in [0.5, 0.6) is 0 Å². The second-order valence-corrected chi connectivity index (χ2v) is 14.0. The van der Waals surface area contributed by atoms with Crippen molar-refractivity contribution in [2.45, 2.75) is 0 Å². The summed E-state index contributed by atoms with van der Waals surface area (Å²) in [7, 11) is 0. The fraction of sp³-hybridized carbons (Fsp3) is 0. The topological polar surface area (TPSA) is 37.2 Å². The lowest BCUT2D eigenvalue weighted by Gasteiger charge is -2.26. The maximum atomic E-state index is 4.50. The van der Waals surface area contributed by atoms with Gasteiger partial charge in [-0.05, 0) is 120 Å². The van der Waals surface area contributed by atoms with E-state index in [1.165, 1.54) is 10.8 Å². The summed E-state index contributed by atoms with van der Waals surface area (Å²) in [6.07, 6.45) is 7.47. The van der Waals surface area contributed by atoms with Crippen molar-refractivity contribution < 1.29 is 0 Å². The molecule has 0 aliphatic carbocycles. The van der Waals surface area contributed by atoms with Crippen LogP contribution in [0.25, 0.3) is 49.7 Å². The highest BCUT2D eigenvalue weighted by Crippen LogP contribution is 2.44. The first-order chi connectivity index (χ1) is 28.3. The second-order valence-electron chi connectivity index (χ2n) is 14.0. The van der Waals surface area contributed by atoms with Crippen molar-refractivity contribution >= 4 is 55.9 Å². The largest absolute Gasteiger partial charge is 0.309 e. The first kappa shape index (κ1) is 33.8. The van der Waals surface area contributed by atoms with Gasteiger partial charge in [0, 0.05) is 57.2 Å². The summed E-state index contributed by atoms with van der Waals surface area (Å²) in [6.45, 7) is 0. The summed E-state index contributed by atoms with van der Waals surface area (Å²) < 4.78 is 2.42. The Labute approximate surface area is 332 Å². The van der Waals surface area contributed by atoms with Gasteiger partial charge in [0.2, 0.25) is 0 Å². The Morgan fingerprint density at radius 2 is 0.860 bits per heavy atom. The summed E-state index contributed by atoms with van der Waals surface area (Å²) in [5.74, 6) is 0. The molecule has 0 saturated heterocycles. The van der Waals surface area contributed by atoms with Gasteiger partial charge in [-0.3, -0.25) is 9.97 Å². The molecule has 3 aromatic heterocycles. The summed E-state index contributed by atoms with van der Waals surface area (Å²) in [4.78, 5) is 13.5. The lowest BCUT2D eigenvalue weighted by Crippen LogP contribution is -2.10. The molecule has 0 N–H and O–H groups in total. The number of benzene rings is 7. The van der Waals surface area contributed by atoms with E-state index in [2.05, 4.69) is 212 Å². The number of anilines is 6. The molecule has 0 atom stereocenters. The monoisotopic (exact) mass is 731 g/mol. The second kappa shape index (κ2) is 14.8. The van der Waals surface area contributed by atoms with Gasteiger partial charge in [-0.25, -0.2) is 0 Å². The van der Waals surface area contributed by atoms with Gasteiger partial charge in [0.15, 0.2) is 0 Å². The van der Waals surface area contributed by atoms with Crippen molar-refractivity contribution in [3.63, 3.8) is 0 Å². The van der Waals surface area contributed by atoms with Crippen LogP contribution >= 0.6 is 0 Å². The van der Waals surface area contributed by atoms with Gasteiger partial charge >= 0.3 is 0 Å². The molecule has 10 rings (SSSR count). The van der Waals surface area contributed by atoms with Crippen molar-refractivity contribution in [1.29, 1.82) is 0 Å². The molecule has 0 spiro atoms. The molecular weight excluding hydrogens is 695 g/mol. The maximum absolute atomic E-state index is 4.50. The minimum atomic E-state index is 0.992. The van der Waals surface area contributed by atoms with Crippen molar-refractivity contribution in [3.05, 3.63) is 225 Å². The average Bonchev–Trinajstić information content (AvgIpc) is 3.63. The van der Waals surface area contributed by atoms with E-state index in [1.807, 2.05) is 36.9 Å². The zero-order valence-corrected chi connectivity index (χ0v) is 31.1. The minimum Gasteiger partial charge on any atom is -0.309 e. The summed E-state index contributed by atoms with van der Waals surface area (Å²) in [5, 5.41) is 2.39. The first-order valence-corrected chi connectivity index (χ1v) is 19.1. The van der Waals surface area contributed by atoms with Gasteiger partial charge in [-0.2, -0.15) is 0 Å². The van der Waals surface area contributed by atoms with Crippen molar-refractivity contribution in [3.8, 4) is 27.9 Å². The quantitative estimate of drug-likeness (QED) is 0.148. The molecule has 0 saturated carbocycles. The van der Waals surface area contributed by atoms with Crippen LogP contribution in [0.15, 0.2) is 225 Å². The smallest absolute Gasteiger partial charge is 0.0644 e. The van der Waals surface area contributed by atoms with Crippen LogP contribution in [0.3, 0.4) is 0 Å². The van der Waals surface area contributed by atoms with E-state index in [-0.39, 0.29) is 0 Å². The van der Waals surface area contributed by atoms with Crippen molar-refractivity contribution in [2.24, 2.45) is 0 Å². The SMILES string of the molecule is c1ccc(N(c2cccnc2)c2cccc(-c3cc(-c4cccc(N(c5ccccc5)c5cccnc5)c4)c4c(c3)c3ccccc3n4-c3ccccc3)c2)cc1. The van der Waals surface area contributed by atoms with E-state index in [0.717, 1.165) is 73.1 Å². The number of fused-ring (bicyclic) bond motifs is 3. The fourth-order valence-electron chi connectivity index (χ4n) is 7.99. The van der Waals surface area contributed by atoms with Crippen LogP contribution in [-0.4, -0.2) is 14.5 Å².